The average Bonchev–Trinajstić information content (AvgIpc) is 2.81. The quantitative estimate of drug-likeness (QED) is 0.441. The fourth-order valence-corrected chi connectivity index (χ4v) is 1.20. The van der Waals surface area contributed by atoms with Crippen LogP contribution >= 0.6 is 0 Å². The maximum absolute atomic E-state index is 10.7. The zero-order chi connectivity index (χ0) is 11.5. The number of nitrogens with two attached hydrogens (primary N) is 1. The molecule has 0 fully saturated rings. The standard InChI is InChI=1S/C8H8N6O2/c9-12-7-4-6(14(15)16)5-8(11-7)13-3-1-2-10-13/h1-5H,9H2,(H,11,12). The summed E-state index contributed by atoms with van der Waals surface area (Å²) in [4.78, 5) is 14.2. The number of hydrazine groups is 1. The molecule has 3 N–H and O–H groups in total. The molecule has 2 aromatic rings. The number of nitrogens with zero attached hydrogens (tertiary/aromatic N) is 4. The third-order valence-corrected chi connectivity index (χ3v) is 1.89. The van der Waals surface area contributed by atoms with Crippen LogP contribution in [0.4, 0.5) is 11.5 Å². The summed E-state index contributed by atoms with van der Waals surface area (Å²) in [7, 11) is 0. The molecule has 0 aliphatic heterocycles. The normalized spacial score (nSPS) is 10.1. The number of pyridine rings is 1. The lowest BCUT2D eigenvalue weighted by Gasteiger charge is -2.03. The van der Waals surface area contributed by atoms with E-state index in [4.69, 9.17) is 5.84 Å². The highest BCUT2D eigenvalue weighted by molar-refractivity contribution is 5.49. The molecule has 8 nitrogen and oxygen atoms in total. The first-order chi connectivity index (χ1) is 7.70. The number of hydrogen-bond acceptors (Lipinski definition) is 6. The highest BCUT2D eigenvalue weighted by Gasteiger charge is 2.11. The molecule has 0 unspecified atom stereocenters. The molecule has 8 heteroatoms. The second kappa shape index (κ2) is 3.95. The van der Waals surface area contributed by atoms with Crippen LogP contribution in [0.25, 0.3) is 5.82 Å². The molecule has 0 saturated carbocycles. The molecule has 0 radical (unpaired) electrons. The largest absolute Gasteiger partial charge is 0.308 e. The summed E-state index contributed by atoms with van der Waals surface area (Å²) in [6.07, 6.45) is 3.18. The van der Waals surface area contributed by atoms with Gasteiger partial charge in [-0.2, -0.15) is 5.10 Å². The Kier molecular flexibility index (Phi) is 2.48. The van der Waals surface area contributed by atoms with Crippen molar-refractivity contribution in [2.24, 2.45) is 5.84 Å². The van der Waals surface area contributed by atoms with Gasteiger partial charge in [0.25, 0.3) is 5.69 Å². The topological polar surface area (TPSA) is 112 Å². The fraction of sp³-hybridized carbons (Fsp3) is 0. The number of nitrogen functional groups attached to an aromatic ring is 1. The van der Waals surface area contributed by atoms with Crippen LogP contribution < -0.4 is 11.3 Å². The second-order valence-electron chi connectivity index (χ2n) is 2.92. The first-order valence-corrected chi connectivity index (χ1v) is 4.34. The maximum Gasteiger partial charge on any atom is 0.276 e. The third kappa shape index (κ3) is 1.81. The molecule has 0 bridgehead atoms. The van der Waals surface area contributed by atoms with E-state index in [-0.39, 0.29) is 11.5 Å². The van der Waals surface area contributed by atoms with Crippen LogP contribution in [0, 0.1) is 10.1 Å². The molecule has 2 aromatic heterocycles. The summed E-state index contributed by atoms with van der Waals surface area (Å²) >= 11 is 0. The van der Waals surface area contributed by atoms with Crippen molar-refractivity contribution in [2.75, 3.05) is 5.43 Å². The van der Waals surface area contributed by atoms with Crippen molar-refractivity contribution in [2.45, 2.75) is 0 Å². The number of hydrogen-bond donors (Lipinski definition) is 2. The molecular formula is C8H8N6O2. The number of rotatable bonds is 3. The molecule has 0 aromatic carbocycles. The number of nitrogens with one attached hydrogen (secondary N) is 1. The van der Waals surface area contributed by atoms with Crippen molar-refractivity contribution < 1.29 is 4.92 Å². The van der Waals surface area contributed by atoms with Crippen molar-refractivity contribution in [3.63, 3.8) is 0 Å². The zero-order valence-electron chi connectivity index (χ0n) is 8.07. The van der Waals surface area contributed by atoms with E-state index in [2.05, 4.69) is 15.5 Å². The van der Waals surface area contributed by atoms with Crippen LogP contribution in [-0.4, -0.2) is 19.7 Å². The Bertz CT molecular complexity index is 509. The van der Waals surface area contributed by atoms with Crippen molar-refractivity contribution >= 4 is 11.5 Å². The minimum atomic E-state index is -0.518. The summed E-state index contributed by atoms with van der Waals surface area (Å²) in [5.74, 6) is 5.71. The molecule has 0 amide bonds. The van der Waals surface area contributed by atoms with Crippen LogP contribution in [0.5, 0.6) is 0 Å². The Hall–Kier alpha value is -2.48. The predicted octanol–water partition coefficient (Wildman–Crippen LogP) is 0.461. The minimum Gasteiger partial charge on any atom is -0.308 e. The number of anilines is 1. The number of nitro groups is 1. The van der Waals surface area contributed by atoms with Crippen molar-refractivity contribution in [3.05, 3.63) is 40.7 Å². The van der Waals surface area contributed by atoms with Gasteiger partial charge < -0.3 is 5.43 Å². The average molecular weight is 220 g/mol. The van der Waals surface area contributed by atoms with Gasteiger partial charge in [-0.05, 0) is 6.07 Å². The van der Waals surface area contributed by atoms with Gasteiger partial charge in [0.1, 0.15) is 5.82 Å². The van der Waals surface area contributed by atoms with Crippen LogP contribution in [0.1, 0.15) is 0 Å². The van der Waals surface area contributed by atoms with Gasteiger partial charge in [0, 0.05) is 12.4 Å². The first-order valence-electron chi connectivity index (χ1n) is 4.34. The molecule has 82 valence electrons. The maximum atomic E-state index is 10.7. The van der Waals surface area contributed by atoms with Gasteiger partial charge in [0.2, 0.25) is 0 Å². The lowest BCUT2D eigenvalue weighted by molar-refractivity contribution is -0.384. The van der Waals surface area contributed by atoms with Gasteiger partial charge in [-0.3, -0.25) is 10.1 Å². The highest BCUT2D eigenvalue weighted by Crippen LogP contribution is 2.18. The van der Waals surface area contributed by atoms with Crippen molar-refractivity contribution in [1.82, 2.24) is 14.8 Å². The second-order valence-corrected chi connectivity index (χ2v) is 2.92. The van der Waals surface area contributed by atoms with E-state index in [1.165, 1.54) is 16.8 Å². The first kappa shape index (κ1) is 10.1. The van der Waals surface area contributed by atoms with E-state index in [1.807, 2.05) is 0 Å². The Morgan fingerprint density at radius 1 is 1.50 bits per heavy atom. The van der Waals surface area contributed by atoms with Crippen LogP contribution in [-0.2, 0) is 0 Å². The van der Waals surface area contributed by atoms with Crippen LogP contribution in [0.15, 0.2) is 30.6 Å². The van der Waals surface area contributed by atoms with Crippen molar-refractivity contribution in [1.29, 1.82) is 0 Å². The van der Waals surface area contributed by atoms with Crippen LogP contribution in [0.2, 0.25) is 0 Å². The minimum absolute atomic E-state index is 0.103. The van der Waals surface area contributed by atoms with E-state index in [0.29, 0.717) is 5.82 Å². The molecule has 16 heavy (non-hydrogen) atoms. The van der Waals surface area contributed by atoms with Gasteiger partial charge in [-0.1, -0.05) is 0 Å². The predicted molar refractivity (Wildman–Crippen MR) is 55.8 cm³/mol. The van der Waals surface area contributed by atoms with Gasteiger partial charge in [-0.15, -0.1) is 0 Å². The SMILES string of the molecule is NNc1cc([N+](=O)[O-])cc(-n2cccn2)n1. The monoisotopic (exact) mass is 220 g/mol. The van der Waals surface area contributed by atoms with E-state index in [1.54, 1.807) is 18.5 Å². The lowest BCUT2D eigenvalue weighted by atomic mass is 10.4. The van der Waals surface area contributed by atoms with Crippen LogP contribution in [0.3, 0.4) is 0 Å². The highest BCUT2D eigenvalue weighted by atomic mass is 16.6. The zero-order valence-corrected chi connectivity index (χ0v) is 8.07. The van der Waals surface area contributed by atoms with Crippen molar-refractivity contribution in [3.8, 4) is 5.82 Å². The lowest BCUT2D eigenvalue weighted by Crippen LogP contribution is -2.11. The van der Waals surface area contributed by atoms with Gasteiger partial charge in [0.05, 0.1) is 17.1 Å². The molecule has 0 aliphatic rings. The molecule has 0 atom stereocenters. The molecule has 2 rings (SSSR count). The van der Waals surface area contributed by atoms with Gasteiger partial charge in [0.15, 0.2) is 5.82 Å². The van der Waals surface area contributed by atoms with E-state index >= 15 is 0 Å². The van der Waals surface area contributed by atoms with Gasteiger partial charge in [-0.25, -0.2) is 15.5 Å². The summed E-state index contributed by atoms with van der Waals surface area (Å²) < 4.78 is 1.41. The molecule has 0 spiro atoms. The summed E-state index contributed by atoms with van der Waals surface area (Å²) in [6.45, 7) is 0. The Morgan fingerprint density at radius 2 is 2.31 bits per heavy atom. The fourth-order valence-electron chi connectivity index (χ4n) is 1.20. The Labute approximate surface area is 89.8 Å². The number of aromatic nitrogens is 3. The third-order valence-electron chi connectivity index (χ3n) is 1.89. The summed E-state index contributed by atoms with van der Waals surface area (Å²) in [5.41, 5.74) is 2.16. The Balaban J connectivity index is 2.53. The molecular weight excluding hydrogens is 212 g/mol. The van der Waals surface area contributed by atoms with Gasteiger partial charge >= 0.3 is 0 Å². The summed E-state index contributed by atoms with van der Waals surface area (Å²) in [5, 5.41) is 14.6. The molecule has 0 aliphatic carbocycles. The Morgan fingerprint density at radius 3 is 2.88 bits per heavy atom. The van der Waals surface area contributed by atoms with E-state index < -0.39 is 4.92 Å². The summed E-state index contributed by atoms with van der Waals surface area (Å²) in [6, 6.07) is 4.25. The molecule has 2 heterocycles. The smallest absolute Gasteiger partial charge is 0.276 e. The van der Waals surface area contributed by atoms with E-state index in [0.717, 1.165) is 0 Å². The molecule has 0 saturated heterocycles. The van der Waals surface area contributed by atoms with E-state index in [9.17, 15) is 10.1 Å².